The van der Waals surface area contributed by atoms with E-state index in [4.69, 9.17) is 0 Å². The first-order chi connectivity index (χ1) is 12.0. The summed E-state index contributed by atoms with van der Waals surface area (Å²) < 4.78 is 0. The van der Waals surface area contributed by atoms with Crippen LogP contribution in [-0.4, -0.2) is 11.1 Å². The largest absolute Gasteiger partial charge is 0.481 e. The Morgan fingerprint density at radius 1 is 1.24 bits per heavy atom. The van der Waals surface area contributed by atoms with Crippen LogP contribution >= 0.6 is 0 Å². The zero-order chi connectivity index (χ0) is 18.3. The molecule has 0 aliphatic heterocycles. The molecule has 0 aromatic carbocycles. The number of carboxylic acid groups (broad SMARTS) is 1. The van der Waals surface area contributed by atoms with Crippen molar-refractivity contribution in [3.05, 3.63) is 0 Å². The topological polar surface area (TPSA) is 61.1 Å². The molecule has 3 heteroatoms. The monoisotopic (exact) mass is 347 g/mol. The van der Waals surface area contributed by atoms with E-state index in [0.717, 1.165) is 19.3 Å². The molecule has 2 aliphatic rings. The molecule has 4 atom stereocenters. The Hall–Kier alpha value is -1.04. The maximum atomic E-state index is 11.3. The smallest absolute Gasteiger partial charge is 0.303 e. The van der Waals surface area contributed by atoms with Crippen LogP contribution in [0.25, 0.3) is 0 Å². The van der Waals surface area contributed by atoms with E-state index in [9.17, 15) is 15.2 Å². The van der Waals surface area contributed by atoms with Gasteiger partial charge in [0, 0.05) is 12.3 Å². The Bertz CT molecular complexity index is 461. The molecular weight excluding hydrogens is 310 g/mol. The van der Waals surface area contributed by atoms with Gasteiger partial charge >= 0.3 is 5.97 Å². The molecule has 0 aromatic rings. The zero-order valence-corrected chi connectivity index (χ0v) is 16.3. The van der Waals surface area contributed by atoms with Gasteiger partial charge in [-0.1, -0.05) is 52.4 Å². The Balaban J connectivity index is 2.23. The van der Waals surface area contributed by atoms with Crippen LogP contribution in [0.15, 0.2) is 0 Å². The van der Waals surface area contributed by atoms with E-state index in [0.29, 0.717) is 17.3 Å². The zero-order valence-electron chi connectivity index (χ0n) is 16.3. The Morgan fingerprint density at radius 2 is 1.96 bits per heavy atom. The third kappa shape index (κ3) is 5.22. The van der Waals surface area contributed by atoms with Crippen LogP contribution in [0.1, 0.15) is 97.3 Å². The Kier molecular flexibility index (Phi) is 7.79. The lowest BCUT2D eigenvalue weighted by Gasteiger charge is -2.51. The van der Waals surface area contributed by atoms with Crippen molar-refractivity contribution in [3.8, 4) is 6.07 Å². The first-order valence-corrected chi connectivity index (χ1v) is 10.6. The van der Waals surface area contributed by atoms with Crippen molar-refractivity contribution < 1.29 is 9.90 Å². The van der Waals surface area contributed by atoms with Gasteiger partial charge in [0.1, 0.15) is 0 Å². The summed E-state index contributed by atoms with van der Waals surface area (Å²) in [7, 11) is 0. The van der Waals surface area contributed by atoms with E-state index < -0.39 is 5.97 Å². The van der Waals surface area contributed by atoms with Crippen LogP contribution in [0.2, 0.25) is 0 Å². The minimum Gasteiger partial charge on any atom is -0.481 e. The molecule has 2 saturated carbocycles. The van der Waals surface area contributed by atoms with Gasteiger partial charge in [-0.25, -0.2) is 0 Å². The van der Waals surface area contributed by atoms with E-state index >= 15 is 0 Å². The van der Waals surface area contributed by atoms with E-state index in [2.05, 4.69) is 19.9 Å². The molecule has 0 aromatic heterocycles. The quantitative estimate of drug-likeness (QED) is 0.533. The van der Waals surface area contributed by atoms with Crippen molar-refractivity contribution in [2.45, 2.75) is 97.3 Å². The maximum absolute atomic E-state index is 11.3. The van der Waals surface area contributed by atoms with Gasteiger partial charge in [-0.2, -0.15) is 5.26 Å². The van der Waals surface area contributed by atoms with Gasteiger partial charge in [0.05, 0.1) is 6.07 Å². The number of nitrogens with zero attached hydrogens (tertiary/aromatic N) is 1. The average Bonchev–Trinajstić information content (AvgIpc) is 2.61. The van der Waals surface area contributed by atoms with Crippen molar-refractivity contribution in [2.24, 2.45) is 29.1 Å². The lowest BCUT2D eigenvalue weighted by Crippen LogP contribution is -2.43. The van der Waals surface area contributed by atoms with Crippen LogP contribution in [0.4, 0.5) is 0 Å². The predicted molar refractivity (Wildman–Crippen MR) is 101 cm³/mol. The third-order valence-corrected chi connectivity index (χ3v) is 7.23. The van der Waals surface area contributed by atoms with Crippen LogP contribution < -0.4 is 0 Å². The summed E-state index contributed by atoms with van der Waals surface area (Å²) in [6, 6.07) is 2.54. The van der Waals surface area contributed by atoms with Gasteiger partial charge in [-0.05, 0) is 61.7 Å². The predicted octanol–water partition coefficient (Wildman–Crippen LogP) is 6.18. The molecule has 0 spiro atoms. The fourth-order valence-electron chi connectivity index (χ4n) is 5.91. The molecule has 142 valence electrons. The van der Waals surface area contributed by atoms with E-state index in [1.807, 2.05) is 0 Å². The lowest BCUT2D eigenvalue weighted by atomic mass is 9.53. The summed E-state index contributed by atoms with van der Waals surface area (Å²) in [6.45, 7) is 4.40. The summed E-state index contributed by atoms with van der Waals surface area (Å²) in [5, 5.41) is 18.8. The van der Waals surface area contributed by atoms with E-state index in [1.54, 1.807) is 0 Å². The maximum Gasteiger partial charge on any atom is 0.303 e. The number of rotatable bonds is 8. The minimum atomic E-state index is -0.669. The molecule has 4 unspecified atom stereocenters. The molecule has 0 amide bonds. The normalized spacial score (nSPS) is 30.4. The first kappa shape index (κ1) is 20.3. The van der Waals surface area contributed by atoms with Crippen LogP contribution in [0.3, 0.4) is 0 Å². The fourth-order valence-corrected chi connectivity index (χ4v) is 5.91. The van der Waals surface area contributed by atoms with Crippen molar-refractivity contribution >= 4 is 5.97 Å². The molecule has 1 N–H and O–H groups in total. The van der Waals surface area contributed by atoms with Gasteiger partial charge in [0.2, 0.25) is 0 Å². The standard InChI is InChI=1S/C22H37NO2/c1-3-4-6-11-22(12-7-5-8-13-22)20-15-18(16-23)9-10-19(20)17(2)14-21(24)25/h17-20H,3-15H2,1-2H3,(H,24,25). The number of carbonyl (C=O) groups is 1. The summed E-state index contributed by atoms with van der Waals surface area (Å²) in [6.07, 6.45) is 15.0. The number of unbranched alkanes of at least 4 members (excludes halogenated alkanes) is 2. The van der Waals surface area contributed by atoms with Crippen LogP contribution in [0, 0.1) is 40.4 Å². The lowest BCUT2D eigenvalue weighted by molar-refractivity contribution is -0.139. The summed E-state index contributed by atoms with van der Waals surface area (Å²) in [5.74, 6) is 0.783. The van der Waals surface area contributed by atoms with E-state index in [-0.39, 0.29) is 18.3 Å². The Labute approximate surface area is 154 Å². The second kappa shape index (κ2) is 9.60. The average molecular weight is 348 g/mol. The molecule has 25 heavy (non-hydrogen) atoms. The molecule has 0 heterocycles. The van der Waals surface area contributed by atoms with E-state index in [1.165, 1.54) is 57.8 Å². The van der Waals surface area contributed by atoms with Crippen molar-refractivity contribution in [1.29, 1.82) is 5.26 Å². The van der Waals surface area contributed by atoms with Gasteiger partial charge in [0.25, 0.3) is 0 Å². The number of carboxylic acids is 1. The highest BCUT2D eigenvalue weighted by molar-refractivity contribution is 5.67. The second-order valence-corrected chi connectivity index (χ2v) is 8.86. The number of aliphatic carboxylic acids is 1. The highest BCUT2D eigenvalue weighted by Crippen LogP contribution is 2.56. The summed E-state index contributed by atoms with van der Waals surface area (Å²) in [4.78, 5) is 11.3. The van der Waals surface area contributed by atoms with Crippen LogP contribution in [-0.2, 0) is 4.79 Å². The highest BCUT2D eigenvalue weighted by atomic mass is 16.4. The number of hydrogen-bond acceptors (Lipinski definition) is 2. The van der Waals surface area contributed by atoms with Crippen molar-refractivity contribution in [2.75, 3.05) is 0 Å². The second-order valence-electron chi connectivity index (χ2n) is 8.86. The van der Waals surface area contributed by atoms with Crippen molar-refractivity contribution in [3.63, 3.8) is 0 Å². The molecule has 0 radical (unpaired) electrons. The summed E-state index contributed by atoms with van der Waals surface area (Å²) >= 11 is 0. The summed E-state index contributed by atoms with van der Waals surface area (Å²) in [5.41, 5.74) is 0.375. The number of nitriles is 1. The SMILES string of the molecule is CCCCCC1(C2CC(C#N)CCC2C(C)CC(=O)O)CCCCC1. The molecule has 2 rings (SSSR count). The molecule has 3 nitrogen and oxygen atoms in total. The van der Waals surface area contributed by atoms with Crippen LogP contribution in [0.5, 0.6) is 0 Å². The molecular formula is C22H37NO2. The molecule has 2 fully saturated rings. The molecule has 0 bridgehead atoms. The molecule has 0 saturated heterocycles. The van der Waals surface area contributed by atoms with Gasteiger partial charge in [0.15, 0.2) is 0 Å². The van der Waals surface area contributed by atoms with Crippen molar-refractivity contribution in [1.82, 2.24) is 0 Å². The fraction of sp³-hybridized carbons (Fsp3) is 0.909. The minimum absolute atomic E-state index is 0.184. The van der Waals surface area contributed by atoms with Gasteiger partial charge < -0.3 is 5.11 Å². The first-order valence-electron chi connectivity index (χ1n) is 10.6. The van der Waals surface area contributed by atoms with Gasteiger partial charge in [-0.15, -0.1) is 0 Å². The highest BCUT2D eigenvalue weighted by Gasteiger charge is 2.47. The third-order valence-electron chi connectivity index (χ3n) is 7.23. The van der Waals surface area contributed by atoms with Gasteiger partial charge in [-0.3, -0.25) is 4.79 Å². The number of hydrogen-bond donors (Lipinski definition) is 1. The Morgan fingerprint density at radius 3 is 2.56 bits per heavy atom. The molecule has 2 aliphatic carbocycles.